The van der Waals surface area contributed by atoms with Crippen LogP contribution >= 0.6 is 0 Å². The van der Waals surface area contributed by atoms with Gasteiger partial charge in [0.25, 0.3) is 0 Å². The molecule has 0 saturated carbocycles. The Balaban J connectivity index is 1.76. The second kappa shape index (κ2) is 8.61. The van der Waals surface area contributed by atoms with Crippen molar-refractivity contribution in [2.24, 2.45) is 0 Å². The van der Waals surface area contributed by atoms with Crippen LogP contribution in [0.5, 0.6) is 0 Å². The van der Waals surface area contributed by atoms with E-state index in [0.29, 0.717) is 12.8 Å². The molecule has 0 saturated heterocycles. The number of amides is 3. The summed E-state index contributed by atoms with van der Waals surface area (Å²) in [5, 5.41) is 9.60. The Morgan fingerprint density at radius 3 is 2.62 bits per heavy atom. The Bertz CT molecular complexity index is 745. The fraction of sp³-hybridized carbons (Fsp3) is 0.294. The van der Waals surface area contributed by atoms with E-state index >= 15 is 0 Å². The van der Waals surface area contributed by atoms with Crippen molar-refractivity contribution in [1.29, 1.82) is 0 Å². The smallest absolute Gasteiger partial charge is 0.309 e. The fourth-order valence-electron chi connectivity index (χ4n) is 2.16. The zero-order valence-corrected chi connectivity index (χ0v) is 13.5. The maximum atomic E-state index is 11.8. The van der Waals surface area contributed by atoms with Gasteiger partial charge < -0.3 is 16.0 Å². The van der Waals surface area contributed by atoms with Gasteiger partial charge in [-0.2, -0.15) is 0 Å². The maximum absolute atomic E-state index is 11.8. The number of pyridine rings is 1. The van der Waals surface area contributed by atoms with E-state index in [1.54, 1.807) is 19.4 Å². The summed E-state index contributed by atoms with van der Waals surface area (Å²) in [6, 6.07) is 7.63. The monoisotopic (exact) mass is 328 g/mol. The zero-order chi connectivity index (χ0) is 17.4. The van der Waals surface area contributed by atoms with Crippen molar-refractivity contribution in [2.75, 3.05) is 13.6 Å². The lowest BCUT2D eigenvalue weighted by Crippen LogP contribution is -2.40. The van der Waals surface area contributed by atoms with Crippen molar-refractivity contribution in [3.63, 3.8) is 0 Å². The molecule has 0 bridgehead atoms. The van der Waals surface area contributed by atoms with E-state index in [-0.39, 0.29) is 19.0 Å². The summed E-state index contributed by atoms with van der Waals surface area (Å²) >= 11 is 0. The third kappa shape index (κ3) is 5.05. The molecule has 2 aromatic rings. The predicted molar refractivity (Wildman–Crippen MR) is 89.9 cm³/mol. The summed E-state index contributed by atoms with van der Waals surface area (Å²) in [4.78, 5) is 38.5. The number of fused-ring (bicyclic) bond motifs is 1. The molecule has 126 valence electrons. The minimum Gasteiger partial charge on any atom is -0.359 e. The predicted octanol–water partition coefficient (Wildman–Crippen LogP) is 0.493. The van der Waals surface area contributed by atoms with Crippen molar-refractivity contribution < 1.29 is 14.4 Å². The standard InChI is InChI=1S/C17H20N4O3/c1-18-15(22)3-2-7-20-16(23)17(24)21-10-12-4-5-14-11-19-8-6-13(14)9-12/h4-6,8-9,11H,2-3,7,10H2,1H3,(H,18,22)(H,20,23)(H,21,24). The molecular formula is C17H20N4O3. The van der Waals surface area contributed by atoms with Crippen molar-refractivity contribution in [3.8, 4) is 0 Å². The van der Waals surface area contributed by atoms with Gasteiger partial charge in [0.1, 0.15) is 0 Å². The number of carbonyl (C=O) groups excluding carboxylic acids is 3. The van der Waals surface area contributed by atoms with Crippen molar-refractivity contribution >= 4 is 28.5 Å². The highest BCUT2D eigenvalue weighted by Gasteiger charge is 2.12. The quantitative estimate of drug-likeness (QED) is 0.531. The third-order valence-electron chi connectivity index (χ3n) is 3.51. The second-order valence-electron chi connectivity index (χ2n) is 5.27. The summed E-state index contributed by atoms with van der Waals surface area (Å²) in [6.07, 6.45) is 4.27. The number of nitrogens with zero attached hydrogens (tertiary/aromatic N) is 1. The molecule has 0 aliphatic heterocycles. The van der Waals surface area contributed by atoms with E-state index in [9.17, 15) is 14.4 Å². The molecule has 7 nitrogen and oxygen atoms in total. The molecule has 2 rings (SSSR count). The molecule has 0 unspecified atom stereocenters. The highest BCUT2D eigenvalue weighted by atomic mass is 16.2. The molecular weight excluding hydrogens is 308 g/mol. The van der Waals surface area contributed by atoms with Crippen LogP contribution in [-0.4, -0.2) is 36.3 Å². The van der Waals surface area contributed by atoms with E-state index in [1.807, 2.05) is 24.3 Å². The van der Waals surface area contributed by atoms with E-state index < -0.39 is 11.8 Å². The Hall–Kier alpha value is -2.96. The normalized spacial score (nSPS) is 10.2. The largest absolute Gasteiger partial charge is 0.359 e. The van der Waals surface area contributed by atoms with Gasteiger partial charge in [-0.1, -0.05) is 12.1 Å². The molecule has 0 radical (unpaired) electrons. The van der Waals surface area contributed by atoms with E-state index in [1.165, 1.54) is 0 Å². The third-order valence-corrected chi connectivity index (χ3v) is 3.51. The first kappa shape index (κ1) is 17.4. The molecule has 1 aromatic carbocycles. The maximum Gasteiger partial charge on any atom is 0.309 e. The van der Waals surface area contributed by atoms with Gasteiger partial charge in [-0.25, -0.2) is 0 Å². The second-order valence-corrected chi connectivity index (χ2v) is 5.27. The molecule has 0 aliphatic rings. The Labute approximate surface area is 139 Å². The summed E-state index contributed by atoms with van der Waals surface area (Å²) in [5.41, 5.74) is 0.898. The number of aromatic nitrogens is 1. The van der Waals surface area contributed by atoms with Gasteiger partial charge >= 0.3 is 11.8 Å². The molecule has 1 aromatic heterocycles. The van der Waals surface area contributed by atoms with Gasteiger partial charge in [-0.3, -0.25) is 19.4 Å². The van der Waals surface area contributed by atoms with Crippen LogP contribution in [0.2, 0.25) is 0 Å². The molecule has 0 spiro atoms. The van der Waals surface area contributed by atoms with E-state index in [2.05, 4.69) is 20.9 Å². The number of rotatable bonds is 6. The zero-order valence-electron chi connectivity index (χ0n) is 13.5. The van der Waals surface area contributed by atoms with Gasteiger partial charge in [0, 0.05) is 44.3 Å². The van der Waals surface area contributed by atoms with Gasteiger partial charge in [-0.05, 0) is 29.5 Å². The first-order valence-corrected chi connectivity index (χ1v) is 7.69. The van der Waals surface area contributed by atoms with Crippen molar-refractivity contribution in [2.45, 2.75) is 19.4 Å². The Morgan fingerprint density at radius 1 is 1.04 bits per heavy atom. The van der Waals surface area contributed by atoms with Gasteiger partial charge in [-0.15, -0.1) is 0 Å². The molecule has 0 atom stereocenters. The van der Waals surface area contributed by atoms with Crippen molar-refractivity contribution in [3.05, 3.63) is 42.2 Å². The Morgan fingerprint density at radius 2 is 1.83 bits per heavy atom. The molecule has 0 fully saturated rings. The summed E-state index contributed by atoms with van der Waals surface area (Å²) in [6.45, 7) is 0.547. The van der Waals surface area contributed by atoms with Crippen LogP contribution in [0, 0.1) is 0 Å². The lowest BCUT2D eigenvalue weighted by Gasteiger charge is -2.07. The van der Waals surface area contributed by atoms with Crippen LogP contribution < -0.4 is 16.0 Å². The van der Waals surface area contributed by atoms with Crippen LogP contribution in [0.25, 0.3) is 10.8 Å². The number of carbonyl (C=O) groups is 3. The highest BCUT2D eigenvalue weighted by Crippen LogP contribution is 2.14. The van der Waals surface area contributed by atoms with Crippen molar-refractivity contribution in [1.82, 2.24) is 20.9 Å². The average molecular weight is 328 g/mol. The highest BCUT2D eigenvalue weighted by molar-refractivity contribution is 6.35. The molecule has 0 aliphatic carbocycles. The van der Waals surface area contributed by atoms with Crippen LogP contribution in [0.1, 0.15) is 18.4 Å². The van der Waals surface area contributed by atoms with Gasteiger partial charge in [0.05, 0.1) is 0 Å². The SMILES string of the molecule is CNC(=O)CCCNC(=O)C(=O)NCc1ccc2cnccc2c1. The minimum absolute atomic E-state index is 0.0970. The van der Waals surface area contributed by atoms with Crippen LogP contribution in [0.3, 0.4) is 0 Å². The van der Waals surface area contributed by atoms with Crippen LogP contribution in [0.4, 0.5) is 0 Å². The van der Waals surface area contributed by atoms with Crippen LogP contribution in [0.15, 0.2) is 36.7 Å². The topological polar surface area (TPSA) is 100 Å². The Kier molecular flexibility index (Phi) is 6.24. The minimum atomic E-state index is -0.697. The summed E-state index contributed by atoms with van der Waals surface area (Å²) < 4.78 is 0. The lowest BCUT2D eigenvalue weighted by molar-refractivity contribution is -0.139. The first-order chi connectivity index (χ1) is 11.6. The number of benzene rings is 1. The van der Waals surface area contributed by atoms with Crippen LogP contribution in [-0.2, 0) is 20.9 Å². The van der Waals surface area contributed by atoms with Gasteiger partial charge in [0.2, 0.25) is 5.91 Å². The number of nitrogens with one attached hydrogen (secondary N) is 3. The van der Waals surface area contributed by atoms with E-state index in [4.69, 9.17) is 0 Å². The lowest BCUT2D eigenvalue weighted by atomic mass is 10.1. The molecule has 1 heterocycles. The molecule has 3 amide bonds. The molecule has 7 heteroatoms. The molecule has 3 N–H and O–H groups in total. The first-order valence-electron chi connectivity index (χ1n) is 7.69. The summed E-state index contributed by atoms with van der Waals surface area (Å²) in [5.74, 6) is -1.48. The fourth-order valence-corrected chi connectivity index (χ4v) is 2.16. The van der Waals surface area contributed by atoms with E-state index in [0.717, 1.165) is 16.3 Å². The summed E-state index contributed by atoms with van der Waals surface area (Å²) in [7, 11) is 1.55. The molecule has 24 heavy (non-hydrogen) atoms. The number of hydrogen-bond acceptors (Lipinski definition) is 4. The number of hydrogen-bond donors (Lipinski definition) is 3. The average Bonchev–Trinajstić information content (AvgIpc) is 2.62. The van der Waals surface area contributed by atoms with Gasteiger partial charge in [0.15, 0.2) is 0 Å².